The average Bonchev–Trinajstić information content (AvgIpc) is 2.27. The molecular formula is C10H17N3O3. The molecule has 0 atom stereocenters. The van der Waals surface area contributed by atoms with E-state index in [1.807, 2.05) is 0 Å². The summed E-state index contributed by atoms with van der Waals surface area (Å²) in [5, 5.41) is 10.2. The predicted octanol–water partition coefficient (Wildman–Crippen LogP) is 0.384. The second kappa shape index (κ2) is 5.50. The van der Waals surface area contributed by atoms with Crippen molar-refractivity contribution in [2.24, 2.45) is 5.73 Å². The van der Waals surface area contributed by atoms with Crippen LogP contribution >= 0.6 is 0 Å². The Morgan fingerprint density at radius 3 is 2.75 bits per heavy atom. The van der Waals surface area contributed by atoms with Gasteiger partial charge >= 0.3 is 6.09 Å². The van der Waals surface area contributed by atoms with E-state index in [-0.39, 0.29) is 12.4 Å². The number of nitrogens with one attached hydrogen (secondary N) is 2. The van der Waals surface area contributed by atoms with Gasteiger partial charge in [-0.3, -0.25) is 5.41 Å². The number of hydrogen-bond acceptors (Lipinski definition) is 4. The highest BCUT2D eigenvalue weighted by Crippen LogP contribution is 2.20. The molecule has 0 unspecified atom stereocenters. The van der Waals surface area contributed by atoms with E-state index >= 15 is 0 Å². The number of carbonyl (C=O) groups is 1. The summed E-state index contributed by atoms with van der Waals surface area (Å²) in [6.45, 7) is 4.52. The Hall–Kier alpha value is -1.56. The number of amides is 1. The largest absolute Gasteiger partial charge is 0.445 e. The summed E-state index contributed by atoms with van der Waals surface area (Å²) < 4.78 is 9.99. The number of alkyl carbamates (subject to hydrolysis) is 1. The first-order chi connectivity index (χ1) is 7.60. The zero-order valence-electron chi connectivity index (χ0n) is 9.12. The maximum atomic E-state index is 11.4. The summed E-state index contributed by atoms with van der Waals surface area (Å²) in [4.78, 5) is 11.4. The van der Waals surface area contributed by atoms with Gasteiger partial charge in [0, 0.05) is 26.1 Å². The highest BCUT2D eigenvalue weighted by Gasteiger charge is 2.37. The van der Waals surface area contributed by atoms with Crippen molar-refractivity contribution in [3.8, 4) is 0 Å². The number of carbonyl (C=O) groups excluding carboxylic acids is 1. The van der Waals surface area contributed by atoms with Crippen molar-refractivity contribution in [2.75, 3.05) is 19.8 Å². The lowest BCUT2D eigenvalue weighted by Crippen LogP contribution is -2.59. The highest BCUT2D eigenvalue weighted by molar-refractivity contribution is 5.90. The van der Waals surface area contributed by atoms with Crippen molar-refractivity contribution in [1.82, 2.24) is 5.32 Å². The fourth-order valence-electron chi connectivity index (χ4n) is 1.55. The van der Waals surface area contributed by atoms with Crippen LogP contribution in [0.5, 0.6) is 0 Å². The number of ether oxygens (including phenoxy) is 2. The molecule has 1 fully saturated rings. The van der Waals surface area contributed by atoms with Crippen LogP contribution in [-0.2, 0) is 9.47 Å². The van der Waals surface area contributed by atoms with Gasteiger partial charge in [-0.25, -0.2) is 4.79 Å². The van der Waals surface area contributed by atoms with Gasteiger partial charge in [0.1, 0.15) is 18.0 Å². The minimum Gasteiger partial charge on any atom is -0.445 e. The van der Waals surface area contributed by atoms with Crippen LogP contribution in [0.3, 0.4) is 0 Å². The molecule has 0 radical (unpaired) electrons. The number of rotatable bonds is 4. The van der Waals surface area contributed by atoms with Crippen LogP contribution < -0.4 is 11.1 Å². The van der Waals surface area contributed by atoms with Crippen LogP contribution in [0.4, 0.5) is 4.79 Å². The van der Waals surface area contributed by atoms with Gasteiger partial charge in [-0.05, 0) is 0 Å². The van der Waals surface area contributed by atoms with Gasteiger partial charge in [-0.1, -0.05) is 12.7 Å². The first-order valence-electron chi connectivity index (χ1n) is 5.09. The van der Waals surface area contributed by atoms with Gasteiger partial charge in [0.25, 0.3) is 0 Å². The van der Waals surface area contributed by atoms with Crippen molar-refractivity contribution < 1.29 is 14.3 Å². The molecule has 0 saturated carbocycles. The summed E-state index contributed by atoms with van der Waals surface area (Å²) in [7, 11) is 0. The maximum absolute atomic E-state index is 11.4. The molecule has 6 nitrogen and oxygen atoms in total. The number of hydrogen-bond donors (Lipinski definition) is 3. The lowest BCUT2D eigenvalue weighted by Gasteiger charge is -2.36. The molecule has 0 aromatic carbocycles. The number of amidine groups is 1. The topological polar surface area (TPSA) is 97.4 Å². The Morgan fingerprint density at radius 2 is 2.25 bits per heavy atom. The molecule has 1 aliphatic rings. The average molecular weight is 227 g/mol. The Labute approximate surface area is 94.3 Å². The number of nitrogens with two attached hydrogens (primary N) is 1. The summed E-state index contributed by atoms with van der Waals surface area (Å²) in [6, 6.07) is 0. The normalized spacial score (nSPS) is 18.5. The first kappa shape index (κ1) is 12.5. The van der Waals surface area contributed by atoms with Gasteiger partial charge in [-0.15, -0.1) is 0 Å². The minimum atomic E-state index is -0.823. The smallest absolute Gasteiger partial charge is 0.408 e. The van der Waals surface area contributed by atoms with Gasteiger partial charge in [-0.2, -0.15) is 0 Å². The Bertz CT molecular complexity index is 285. The molecule has 0 bridgehead atoms. The fourth-order valence-corrected chi connectivity index (χ4v) is 1.55. The lowest BCUT2D eigenvalue weighted by atomic mass is 9.89. The van der Waals surface area contributed by atoms with E-state index < -0.39 is 11.6 Å². The SMILES string of the molecule is C=CCOC(=O)NC1(C(=N)N)CCOCC1. The third kappa shape index (κ3) is 2.96. The second-order valence-corrected chi connectivity index (χ2v) is 3.62. The maximum Gasteiger partial charge on any atom is 0.408 e. The molecule has 6 heteroatoms. The van der Waals surface area contributed by atoms with E-state index in [4.69, 9.17) is 20.6 Å². The van der Waals surface area contributed by atoms with Crippen LogP contribution in [0.1, 0.15) is 12.8 Å². The third-order valence-corrected chi connectivity index (χ3v) is 2.54. The molecule has 4 N–H and O–H groups in total. The van der Waals surface area contributed by atoms with Gasteiger partial charge in [0.05, 0.1) is 0 Å². The first-order valence-corrected chi connectivity index (χ1v) is 5.09. The van der Waals surface area contributed by atoms with E-state index in [1.165, 1.54) is 6.08 Å². The van der Waals surface area contributed by atoms with Crippen molar-refractivity contribution >= 4 is 11.9 Å². The molecule has 1 saturated heterocycles. The molecule has 0 aliphatic carbocycles. The van der Waals surface area contributed by atoms with Crippen LogP contribution in [0.25, 0.3) is 0 Å². The van der Waals surface area contributed by atoms with Gasteiger partial charge in [0.15, 0.2) is 0 Å². The zero-order valence-corrected chi connectivity index (χ0v) is 9.12. The summed E-state index contributed by atoms with van der Waals surface area (Å²) in [6.07, 6.45) is 1.87. The molecule has 1 heterocycles. The van der Waals surface area contributed by atoms with E-state index in [9.17, 15) is 4.79 Å². The summed E-state index contributed by atoms with van der Waals surface area (Å²) in [5.41, 5.74) is 4.69. The lowest BCUT2D eigenvalue weighted by molar-refractivity contribution is 0.0582. The Morgan fingerprint density at radius 1 is 1.62 bits per heavy atom. The van der Waals surface area contributed by atoms with E-state index in [1.54, 1.807) is 0 Å². The predicted molar refractivity (Wildman–Crippen MR) is 59.4 cm³/mol. The van der Waals surface area contributed by atoms with Crippen molar-refractivity contribution in [3.63, 3.8) is 0 Å². The van der Waals surface area contributed by atoms with E-state index in [0.29, 0.717) is 26.1 Å². The van der Waals surface area contributed by atoms with Crippen molar-refractivity contribution in [3.05, 3.63) is 12.7 Å². The van der Waals surface area contributed by atoms with Crippen LogP contribution in [0.2, 0.25) is 0 Å². The van der Waals surface area contributed by atoms with Crippen molar-refractivity contribution in [1.29, 1.82) is 5.41 Å². The molecule has 1 aliphatic heterocycles. The molecule has 0 aromatic heterocycles. The molecule has 0 spiro atoms. The monoisotopic (exact) mass is 227 g/mol. The minimum absolute atomic E-state index is 0.0636. The molecule has 1 amide bonds. The van der Waals surface area contributed by atoms with Gasteiger partial charge < -0.3 is 20.5 Å². The second-order valence-electron chi connectivity index (χ2n) is 3.62. The molecule has 1 rings (SSSR count). The third-order valence-electron chi connectivity index (χ3n) is 2.54. The zero-order chi connectivity index (χ0) is 12.0. The molecule has 90 valence electrons. The van der Waals surface area contributed by atoms with Crippen LogP contribution in [0.15, 0.2) is 12.7 Å². The highest BCUT2D eigenvalue weighted by atomic mass is 16.5. The standard InChI is InChI=1S/C10H17N3O3/c1-2-5-16-9(14)13-10(8(11)12)3-6-15-7-4-10/h2H,1,3-7H2,(H3,11,12)(H,13,14). The van der Waals surface area contributed by atoms with E-state index in [0.717, 1.165) is 0 Å². The van der Waals surface area contributed by atoms with E-state index in [2.05, 4.69) is 11.9 Å². The quantitative estimate of drug-likeness (QED) is 0.367. The Balaban J connectivity index is 2.60. The molecule has 16 heavy (non-hydrogen) atoms. The van der Waals surface area contributed by atoms with Gasteiger partial charge in [0.2, 0.25) is 0 Å². The fraction of sp³-hybridized carbons (Fsp3) is 0.600. The van der Waals surface area contributed by atoms with Crippen molar-refractivity contribution in [2.45, 2.75) is 18.4 Å². The van der Waals surface area contributed by atoms with Crippen LogP contribution in [-0.4, -0.2) is 37.3 Å². The summed E-state index contributed by atoms with van der Waals surface area (Å²) in [5.74, 6) is -0.0636. The summed E-state index contributed by atoms with van der Waals surface area (Å²) >= 11 is 0. The molecular weight excluding hydrogens is 210 g/mol. The Kier molecular flexibility index (Phi) is 4.30. The molecule has 0 aromatic rings. The van der Waals surface area contributed by atoms with Crippen LogP contribution in [0, 0.1) is 5.41 Å².